The maximum absolute atomic E-state index is 11.6. The van der Waals surface area contributed by atoms with E-state index >= 15 is 0 Å². The zero-order chi connectivity index (χ0) is 11.4. The number of carbonyl (C=O) groups excluding carboxylic acids is 1. The van der Waals surface area contributed by atoms with Crippen LogP contribution in [0.2, 0.25) is 0 Å². The average molecular weight is 240 g/mol. The summed E-state index contributed by atoms with van der Waals surface area (Å²) in [7, 11) is 0. The monoisotopic (exact) mass is 240 g/mol. The van der Waals surface area contributed by atoms with E-state index in [2.05, 4.69) is 5.32 Å². The minimum atomic E-state index is -0.259. The number of hydrogen-bond donors (Lipinski definition) is 2. The summed E-state index contributed by atoms with van der Waals surface area (Å²) in [6.45, 7) is 2.43. The molecule has 4 nitrogen and oxygen atoms in total. The fourth-order valence-corrected chi connectivity index (χ4v) is 2.46. The summed E-state index contributed by atoms with van der Waals surface area (Å²) in [5.74, 6) is 0.0301. The van der Waals surface area contributed by atoms with Crippen molar-refractivity contribution in [1.82, 2.24) is 10.2 Å². The van der Waals surface area contributed by atoms with E-state index in [9.17, 15) is 9.90 Å². The van der Waals surface area contributed by atoms with E-state index in [0.29, 0.717) is 19.6 Å². The number of likely N-dealkylation sites (tertiary alicyclic amines) is 1. The van der Waals surface area contributed by atoms with Crippen molar-refractivity contribution < 1.29 is 9.90 Å². The van der Waals surface area contributed by atoms with Crippen molar-refractivity contribution >= 4 is 17.2 Å². The van der Waals surface area contributed by atoms with Crippen LogP contribution in [0.1, 0.15) is 11.3 Å². The Hall–Kier alpha value is -0.910. The normalized spacial score (nSPS) is 21.2. The zero-order valence-corrected chi connectivity index (χ0v) is 9.87. The molecule has 2 heterocycles. The van der Waals surface area contributed by atoms with Crippen LogP contribution in [0.25, 0.3) is 0 Å². The molecule has 1 amide bonds. The number of carbonyl (C=O) groups is 1. The molecule has 1 aromatic rings. The van der Waals surface area contributed by atoms with Gasteiger partial charge >= 0.3 is 0 Å². The van der Waals surface area contributed by atoms with E-state index in [4.69, 9.17) is 0 Å². The molecule has 1 aliphatic heterocycles. The lowest BCUT2D eigenvalue weighted by Gasteiger charge is -2.13. The van der Waals surface area contributed by atoms with Crippen LogP contribution < -0.4 is 5.32 Å². The zero-order valence-electron chi connectivity index (χ0n) is 9.06. The van der Waals surface area contributed by atoms with Crippen LogP contribution in [0.15, 0.2) is 17.5 Å². The Morgan fingerprint density at radius 3 is 3.19 bits per heavy atom. The van der Waals surface area contributed by atoms with Crippen LogP contribution in [0, 0.1) is 0 Å². The van der Waals surface area contributed by atoms with E-state index < -0.39 is 0 Å². The summed E-state index contributed by atoms with van der Waals surface area (Å²) in [4.78, 5) is 14.7. The maximum atomic E-state index is 11.6. The van der Waals surface area contributed by atoms with Gasteiger partial charge < -0.3 is 10.4 Å². The van der Waals surface area contributed by atoms with Gasteiger partial charge in [0.15, 0.2) is 0 Å². The van der Waals surface area contributed by atoms with Gasteiger partial charge in [0.1, 0.15) is 0 Å². The third-order valence-corrected chi connectivity index (χ3v) is 3.53. The highest BCUT2D eigenvalue weighted by Crippen LogP contribution is 2.09. The fraction of sp³-hybridized carbons (Fsp3) is 0.545. The van der Waals surface area contributed by atoms with Gasteiger partial charge in [-0.2, -0.15) is 0 Å². The lowest BCUT2D eigenvalue weighted by molar-refractivity contribution is -0.122. The van der Waals surface area contributed by atoms with Crippen molar-refractivity contribution in [2.24, 2.45) is 0 Å². The topological polar surface area (TPSA) is 52.6 Å². The summed E-state index contributed by atoms with van der Waals surface area (Å²) >= 11 is 1.64. The Morgan fingerprint density at radius 1 is 1.69 bits per heavy atom. The van der Waals surface area contributed by atoms with Crippen molar-refractivity contribution in [1.29, 1.82) is 0 Å². The van der Waals surface area contributed by atoms with Crippen LogP contribution >= 0.6 is 11.3 Å². The summed E-state index contributed by atoms with van der Waals surface area (Å²) in [6.07, 6.45) is 0.517. The molecule has 0 aliphatic carbocycles. The van der Waals surface area contributed by atoms with E-state index in [1.54, 1.807) is 11.3 Å². The first-order chi connectivity index (χ1) is 7.74. The molecule has 1 fully saturated rings. The molecule has 0 unspecified atom stereocenters. The number of β-amino-alcohol motifs (C(OH)–C–C–N with tert-alkyl or cyclic N) is 1. The van der Waals surface area contributed by atoms with Crippen molar-refractivity contribution in [3.63, 3.8) is 0 Å². The first kappa shape index (κ1) is 11.6. The highest BCUT2D eigenvalue weighted by atomic mass is 32.1. The van der Waals surface area contributed by atoms with Gasteiger partial charge in [-0.15, -0.1) is 11.3 Å². The van der Waals surface area contributed by atoms with Gasteiger partial charge in [0.25, 0.3) is 0 Å². The average Bonchev–Trinajstić information content (AvgIpc) is 2.87. The van der Waals surface area contributed by atoms with Crippen LogP contribution in [-0.4, -0.2) is 41.7 Å². The number of amides is 1. The second-order valence-electron chi connectivity index (χ2n) is 4.03. The summed E-state index contributed by atoms with van der Waals surface area (Å²) < 4.78 is 0. The van der Waals surface area contributed by atoms with E-state index in [-0.39, 0.29) is 12.0 Å². The van der Waals surface area contributed by atoms with Gasteiger partial charge in [-0.3, -0.25) is 9.69 Å². The molecule has 0 spiro atoms. The summed E-state index contributed by atoms with van der Waals surface area (Å²) in [6, 6.07) is 3.98. The predicted octanol–water partition coefficient (Wildman–Crippen LogP) is 0.431. The van der Waals surface area contributed by atoms with Crippen molar-refractivity contribution in [3.8, 4) is 0 Å². The Bertz CT molecular complexity index is 340. The number of nitrogens with zero attached hydrogens (tertiary/aromatic N) is 1. The molecule has 1 aromatic heterocycles. The number of nitrogens with one attached hydrogen (secondary N) is 1. The molecule has 2 rings (SSSR count). The molecular formula is C11H16N2O2S. The quantitative estimate of drug-likeness (QED) is 0.802. The third kappa shape index (κ3) is 3.30. The smallest absolute Gasteiger partial charge is 0.234 e. The molecule has 2 N–H and O–H groups in total. The number of aliphatic hydroxyl groups is 1. The molecular weight excluding hydrogens is 224 g/mol. The summed E-state index contributed by atoms with van der Waals surface area (Å²) in [5, 5.41) is 14.2. The van der Waals surface area contributed by atoms with E-state index in [1.807, 2.05) is 22.4 Å². The lowest BCUT2D eigenvalue weighted by atomic mass is 10.3. The number of hydrogen-bond acceptors (Lipinski definition) is 4. The number of thiophene rings is 1. The van der Waals surface area contributed by atoms with Gasteiger partial charge in [0.05, 0.1) is 19.2 Å². The minimum Gasteiger partial charge on any atom is -0.392 e. The van der Waals surface area contributed by atoms with Crippen molar-refractivity contribution in [3.05, 3.63) is 22.4 Å². The molecule has 88 valence electrons. The van der Waals surface area contributed by atoms with Gasteiger partial charge in [-0.1, -0.05) is 6.07 Å². The highest BCUT2D eigenvalue weighted by molar-refractivity contribution is 7.09. The second kappa shape index (κ2) is 5.43. The molecule has 16 heavy (non-hydrogen) atoms. The van der Waals surface area contributed by atoms with E-state index in [1.165, 1.54) is 0 Å². The first-order valence-corrected chi connectivity index (χ1v) is 6.31. The third-order valence-electron chi connectivity index (χ3n) is 2.65. The molecule has 1 atom stereocenters. The Labute approximate surface area is 98.9 Å². The molecule has 0 saturated carbocycles. The number of aliphatic hydroxyl groups excluding tert-OH is 1. The van der Waals surface area contributed by atoms with E-state index in [0.717, 1.165) is 17.8 Å². The van der Waals surface area contributed by atoms with Crippen molar-refractivity contribution in [2.75, 3.05) is 19.6 Å². The Balaban J connectivity index is 1.68. The largest absolute Gasteiger partial charge is 0.392 e. The van der Waals surface area contributed by atoms with Crippen LogP contribution in [-0.2, 0) is 11.3 Å². The van der Waals surface area contributed by atoms with Crippen LogP contribution in [0.4, 0.5) is 0 Å². The molecule has 0 radical (unpaired) electrons. The Morgan fingerprint density at radius 2 is 2.56 bits per heavy atom. The predicted molar refractivity (Wildman–Crippen MR) is 63.2 cm³/mol. The Kier molecular flexibility index (Phi) is 3.93. The first-order valence-electron chi connectivity index (χ1n) is 5.43. The number of rotatable bonds is 4. The lowest BCUT2D eigenvalue weighted by Crippen LogP contribution is -2.36. The minimum absolute atomic E-state index is 0.0301. The maximum Gasteiger partial charge on any atom is 0.234 e. The standard InChI is InChI=1S/C11H16N2O2S/c14-9-3-4-13(7-9)8-11(15)12-6-10-2-1-5-16-10/h1-2,5,9,14H,3-4,6-8H2,(H,12,15)/t9-/m1/s1. The fourth-order valence-electron chi connectivity index (χ4n) is 1.81. The molecule has 5 heteroatoms. The van der Waals surface area contributed by atoms with Gasteiger partial charge in [0.2, 0.25) is 5.91 Å². The summed E-state index contributed by atoms with van der Waals surface area (Å²) in [5.41, 5.74) is 0. The molecule has 1 saturated heterocycles. The van der Waals surface area contributed by atoms with Crippen LogP contribution in [0.5, 0.6) is 0 Å². The van der Waals surface area contributed by atoms with Crippen LogP contribution in [0.3, 0.4) is 0 Å². The van der Waals surface area contributed by atoms with Gasteiger partial charge in [0, 0.05) is 18.0 Å². The molecule has 0 aromatic carbocycles. The highest BCUT2D eigenvalue weighted by Gasteiger charge is 2.21. The SMILES string of the molecule is O=C(CN1CC[C@@H](O)C1)NCc1cccs1. The van der Waals surface area contributed by atoms with Gasteiger partial charge in [-0.25, -0.2) is 0 Å². The van der Waals surface area contributed by atoms with Gasteiger partial charge in [-0.05, 0) is 17.9 Å². The molecule has 1 aliphatic rings. The molecule has 0 bridgehead atoms. The van der Waals surface area contributed by atoms with Crippen molar-refractivity contribution in [2.45, 2.75) is 19.1 Å². The second-order valence-corrected chi connectivity index (χ2v) is 5.07.